The second-order valence-corrected chi connectivity index (χ2v) is 9.22. The summed E-state index contributed by atoms with van der Waals surface area (Å²) in [7, 11) is 0. The van der Waals surface area contributed by atoms with Crippen LogP contribution in [0.2, 0.25) is 0 Å². The third-order valence-corrected chi connectivity index (χ3v) is 7.49. The zero-order chi connectivity index (χ0) is 18.9. The van der Waals surface area contributed by atoms with Crippen LogP contribution in [0, 0.1) is 17.8 Å². The van der Waals surface area contributed by atoms with Crippen LogP contribution in [0.3, 0.4) is 0 Å². The zero-order valence-electron chi connectivity index (χ0n) is 17.3. The fraction of sp³-hybridized carbons (Fsp3) is 0.692. The maximum Gasteiger partial charge on any atom is 0.0827 e. The van der Waals surface area contributed by atoms with Crippen molar-refractivity contribution in [2.24, 2.45) is 17.8 Å². The molecule has 0 aromatic heterocycles. The molecule has 1 aromatic rings. The van der Waals surface area contributed by atoms with E-state index in [1.54, 1.807) is 11.6 Å². The van der Waals surface area contributed by atoms with E-state index in [1.165, 1.54) is 76.2 Å². The molecule has 1 heteroatoms. The van der Waals surface area contributed by atoms with Crippen LogP contribution >= 0.6 is 0 Å². The normalized spacial score (nSPS) is 29.3. The molecule has 0 bridgehead atoms. The molecule has 2 aliphatic carbocycles. The van der Waals surface area contributed by atoms with Gasteiger partial charge in [0.25, 0.3) is 0 Å². The molecule has 0 spiro atoms. The predicted octanol–water partition coefficient (Wildman–Crippen LogP) is 8.37. The van der Waals surface area contributed by atoms with Crippen molar-refractivity contribution in [3.05, 3.63) is 47.8 Å². The van der Waals surface area contributed by atoms with Crippen LogP contribution in [0.25, 0.3) is 0 Å². The summed E-state index contributed by atoms with van der Waals surface area (Å²) in [4.78, 5) is 0. The fourth-order valence-corrected chi connectivity index (χ4v) is 5.49. The average molecular weight is 371 g/mol. The summed E-state index contributed by atoms with van der Waals surface area (Å²) < 4.78 is 12.1. The van der Waals surface area contributed by atoms with Crippen molar-refractivity contribution in [1.29, 1.82) is 0 Å². The molecule has 0 N–H and O–H groups in total. The fourth-order valence-electron chi connectivity index (χ4n) is 5.49. The minimum atomic E-state index is 0.709. The summed E-state index contributed by atoms with van der Waals surface area (Å²) >= 11 is 0. The highest BCUT2D eigenvalue weighted by Gasteiger charge is 2.25. The van der Waals surface area contributed by atoms with E-state index < -0.39 is 0 Å². The van der Waals surface area contributed by atoms with E-state index in [9.17, 15) is 4.39 Å². The van der Waals surface area contributed by atoms with Gasteiger partial charge in [-0.25, -0.2) is 4.39 Å². The van der Waals surface area contributed by atoms with Crippen molar-refractivity contribution in [3.63, 3.8) is 0 Å². The quantitative estimate of drug-likeness (QED) is 0.431. The van der Waals surface area contributed by atoms with Gasteiger partial charge >= 0.3 is 0 Å². The molecule has 2 aliphatic rings. The molecule has 1 aromatic carbocycles. The Morgan fingerprint density at radius 3 is 1.81 bits per heavy atom. The Labute approximate surface area is 166 Å². The van der Waals surface area contributed by atoms with E-state index in [-0.39, 0.29) is 0 Å². The van der Waals surface area contributed by atoms with Crippen molar-refractivity contribution in [2.45, 2.75) is 96.3 Å². The first-order valence-electron chi connectivity index (χ1n) is 11.6. The summed E-state index contributed by atoms with van der Waals surface area (Å²) in [6.45, 7) is 2.23. The molecule has 0 saturated heterocycles. The van der Waals surface area contributed by atoms with E-state index in [0.29, 0.717) is 6.33 Å². The highest BCUT2D eigenvalue weighted by molar-refractivity contribution is 5.25. The van der Waals surface area contributed by atoms with E-state index in [0.717, 1.165) is 36.5 Å². The molecule has 0 amide bonds. The van der Waals surface area contributed by atoms with Crippen molar-refractivity contribution >= 4 is 0 Å². The molecule has 0 atom stereocenters. The van der Waals surface area contributed by atoms with Gasteiger partial charge in [-0.1, -0.05) is 75.8 Å². The Hall–Kier alpha value is -1.11. The van der Waals surface area contributed by atoms with Gasteiger partial charge in [0.05, 0.1) is 6.33 Å². The van der Waals surface area contributed by atoms with Gasteiger partial charge in [0.1, 0.15) is 0 Å². The summed E-state index contributed by atoms with van der Waals surface area (Å²) in [6.07, 6.45) is 19.8. The Morgan fingerprint density at radius 2 is 1.30 bits per heavy atom. The Balaban J connectivity index is 1.32. The number of hydrogen-bond donors (Lipinski definition) is 0. The molecular weight excluding hydrogens is 331 g/mol. The first-order valence-corrected chi connectivity index (χ1v) is 11.6. The number of allylic oxidation sites excluding steroid dienone is 1. The van der Waals surface area contributed by atoms with Crippen LogP contribution in [0.15, 0.2) is 36.7 Å². The van der Waals surface area contributed by atoms with E-state index in [4.69, 9.17) is 0 Å². The highest BCUT2D eigenvalue weighted by atomic mass is 19.1. The lowest BCUT2D eigenvalue weighted by molar-refractivity contribution is 0.225. The Kier molecular flexibility index (Phi) is 8.42. The van der Waals surface area contributed by atoms with E-state index in [2.05, 4.69) is 31.2 Å². The first kappa shape index (κ1) is 20.6. The van der Waals surface area contributed by atoms with Crippen LogP contribution in [0.4, 0.5) is 4.39 Å². The lowest BCUT2D eigenvalue weighted by atomic mass is 9.74. The summed E-state index contributed by atoms with van der Waals surface area (Å²) in [6, 6.07) is 9.41. The van der Waals surface area contributed by atoms with Crippen LogP contribution < -0.4 is 0 Å². The van der Waals surface area contributed by atoms with Gasteiger partial charge in [0.15, 0.2) is 0 Å². The lowest BCUT2D eigenvalue weighted by Gasteiger charge is -2.32. The number of benzene rings is 1. The highest BCUT2D eigenvalue weighted by Crippen LogP contribution is 2.40. The van der Waals surface area contributed by atoms with Crippen LogP contribution in [-0.4, -0.2) is 0 Å². The summed E-state index contributed by atoms with van der Waals surface area (Å²) in [5.41, 5.74) is 3.03. The molecule has 0 radical (unpaired) electrons. The second-order valence-electron chi connectivity index (χ2n) is 9.22. The molecule has 3 rings (SSSR count). The third kappa shape index (κ3) is 6.47. The molecule has 0 heterocycles. The van der Waals surface area contributed by atoms with Crippen molar-refractivity contribution < 1.29 is 4.39 Å². The van der Waals surface area contributed by atoms with Gasteiger partial charge in [0, 0.05) is 0 Å². The summed E-state index contributed by atoms with van der Waals surface area (Å²) in [5, 5.41) is 0. The molecular formula is C26H39F. The van der Waals surface area contributed by atoms with Gasteiger partial charge < -0.3 is 0 Å². The monoisotopic (exact) mass is 370 g/mol. The van der Waals surface area contributed by atoms with Crippen LogP contribution in [0.1, 0.15) is 101 Å². The maximum absolute atomic E-state index is 12.1. The topological polar surface area (TPSA) is 0 Å². The molecule has 27 heavy (non-hydrogen) atoms. The molecule has 150 valence electrons. The van der Waals surface area contributed by atoms with Gasteiger partial charge in [0.2, 0.25) is 0 Å². The number of hydrogen-bond acceptors (Lipinski definition) is 0. The lowest BCUT2D eigenvalue weighted by Crippen LogP contribution is -2.17. The number of rotatable bonds is 8. The van der Waals surface area contributed by atoms with Gasteiger partial charge in [-0.2, -0.15) is 0 Å². The Morgan fingerprint density at radius 1 is 0.778 bits per heavy atom. The smallest absolute Gasteiger partial charge is 0.0827 e. The number of aryl methyl sites for hydroxylation is 1. The largest absolute Gasteiger partial charge is 0.216 e. The minimum Gasteiger partial charge on any atom is -0.216 e. The molecule has 0 unspecified atom stereocenters. The third-order valence-electron chi connectivity index (χ3n) is 7.49. The predicted molar refractivity (Wildman–Crippen MR) is 115 cm³/mol. The minimum absolute atomic E-state index is 0.709. The van der Waals surface area contributed by atoms with Crippen molar-refractivity contribution in [2.75, 3.05) is 0 Å². The van der Waals surface area contributed by atoms with E-state index >= 15 is 0 Å². The van der Waals surface area contributed by atoms with Crippen LogP contribution in [-0.2, 0) is 6.42 Å². The molecule has 0 aliphatic heterocycles. The van der Waals surface area contributed by atoms with E-state index in [1.807, 2.05) is 0 Å². The SMILES string of the molecule is CCc1ccc([C@H]2CC[C@H](CC[C@H]3CC[C@H](CCC=CF)CC3)CC2)cc1. The van der Waals surface area contributed by atoms with Gasteiger partial charge in [-0.15, -0.1) is 0 Å². The standard InChI is InChI=1S/C26H39F/c1-2-21-12-16-25(17-13-21)26-18-14-24(15-19-26)11-10-23-8-6-22(7-9-23)5-3-4-20-27/h4,12-13,16-17,20,22-24,26H,2-3,5-11,14-15,18-19H2,1H3/t22-,23-,24-,26-. The molecule has 2 saturated carbocycles. The van der Waals surface area contributed by atoms with Gasteiger partial charge in [-0.05, 0) is 79.7 Å². The zero-order valence-corrected chi connectivity index (χ0v) is 17.3. The first-order chi connectivity index (χ1) is 13.3. The molecule has 2 fully saturated rings. The number of halogens is 1. The Bertz CT molecular complexity index is 542. The second kappa shape index (κ2) is 11.0. The molecule has 0 nitrogen and oxygen atoms in total. The van der Waals surface area contributed by atoms with Crippen LogP contribution in [0.5, 0.6) is 0 Å². The van der Waals surface area contributed by atoms with Gasteiger partial charge in [-0.3, -0.25) is 0 Å². The van der Waals surface area contributed by atoms with Crippen molar-refractivity contribution in [1.82, 2.24) is 0 Å². The summed E-state index contributed by atoms with van der Waals surface area (Å²) in [5.74, 6) is 3.61. The average Bonchev–Trinajstić information content (AvgIpc) is 2.74. The van der Waals surface area contributed by atoms with Crippen molar-refractivity contribution in [3.8, 4) is 0 Å². The maximum atomic E-state index is 12.1.